The van der Waals surface area contributed by atoms with Gasteiger partial charge in [-0.3, -0.25) is 4.21 Å². The zero-order chi connectivity index (χ0) is 13.0. The summed E-state index contributed by atoms with van der Waals surface area (Å²) >= 11 is 2.98. The normalized spacial score (nSPS) is 14.6. The molecule has 2 nitrogen and oxygen atoms in total. The van der Waals surface area contributed by atoms with Crippen LogP contribution in [0.4, 0.5) is 8.78 Å². The van der Waals surface area contributed by atoms with Gasteiger partial charge in [0.2, 0.25) is 0 Å². The van der Waals surface area contributed by atoms with Crippen LogP contribution in [-0.2, 0) is 16.6 Å². The minimum Gasteiger partial charge on any atom is -0.330 e. The van der Waals surface area contributed by atoms with E-state index in [0.29, 0.717) is 13.0 Å². The summed E-state index contributed by atoms with van der Waals surface area (Å²) in [5, 5.41) is -0.169. The maximum Gasteiger partial charge on any atom is 0.144 e. The van der Waals surface area contributed by atoms with Crippen LogP contribution in [0.5, 0.6) is 0 Å². The van der Waals surface area contributed by atoms with Crippen LogP contribution < -0.4 is 5.73 Å². The van der Waals surface area contributed by atoms with Crippen molar-refractivity contribution in [3.63, 3.8) is 0 Å². The van der Waals surface area contributed by atoms with Crippen molar-refractivity contribution in [2.24, 2.45) is 5.73 Å². The van der Waals surface area contributed by atoms with Crippen LogP contribution in [0.1, 0.15) is 18.9 Å². The van der Waals surface area contributed by atoms with Crippen LogP contribution in [-0.4, -0.2) is 16.0 Å². The fourth-order valence-corrected chi connectivity index (χ4v) is 2.96. The lowest BCUT2D eigenvalue weighted by atomic mass is 10.2. The first kappa shape index (κ1) is 14.7. The number of hydrogen-bond acceptors (Lipinski definition) is 2. The first-order valence-electron chi connectivity index (χ1n) is 5.17. The van der Waals surface area contributed by atoms with E-state index in [-0.39, 0.29) is 21.0 Å². The van der Waals surface area contributed by atoms with Gasteiger partial charge in [0.15, 0.2) is 0 Å². The topological polar surface area (TPSA) is 43.1 Å². The Morgan fingerprint density at radius 1 is 1.47 bits per heavy atom. The smallest absolute Gasteiger partial charge is 0.144 e. The van der Waals surface area contributed by atoms with Crippen molar-refractivity contribution in [2.75, 3.05) is 6.54 Å². The summed E-state index contributed by atoms with van der Waals surface area (Å²) in [6.07, 6.45) is 0.573. The van der Waals surface area contributed by atoms with Crippen LogP contribution in [0.3, 0.4) is 0 Å². The zero-order valence-electron chi connectivity index (χ0n) is 9.38. The van der Waals surface area contributed by atoms with E-state index in [2.05, 4.69) is 15.9 Å². The van der Waals surface area contributed by atoms with Gasteiger partial charge in [-0.15, -0.1) is 0 Å². The van der Waals surface area contributed by atoms with Gasteiger partial charge in [-0.2, -0.15) is 0 Å². The highest BCUT2D eigenvalue weighted by Gasteiger charge is 2.18. The van der Waals surface area contributed by atoms with Crippen LogP contribution in [0.15, 0.2) is 16.6 Å². The molecule has 17 heavy (non-hydrogen) atoms. The maximum atomic E-state index is 13.6. The number of rotatable bonds is 5. The highest BCUT2D eigenvalue weighted by molar-refractivity contribution is 9.10. The fourth-order valence-electron chi connectivity index (χ4n) is 1.35. The largest absolute Gasteiger partial charge is 0.330 e. The minimum absolute atomic E-state index is 0.127. The third-order valence-corrected chi connectivity index (χ3v) is 4.77. The van der Waals surface area contributed by atoms with Crippen LogP contribution >= 0.6 is 15.9 Å². The molecule has 0 saturated carbocycles. The summed E-state index contributed by atoms with van der Waals surface area (Å²) in [5.74, 6) is -1.48. The summed E-state index contributed by atoms with van der Waals surface area (Å²) in [4.78, 5) is 0. The quantitative estimate of drug-likeness (QED) is 0.846. The van der Waals surface area contributed by atoms with Gasteiger partial charge < -0.3 is 5.73 Å². The number of hydrogen-bond donors (Lipinski definition) is 1. The lowest BCUT2D eigenvalue weighted by molar-refractivity contribution is 0.559. The number of halogens is 3. The molecule has 0 radical (unpaired) electrons. The SMILES string of the molecule is CC(CCN)S(=O)Cc1c(F)ccc(Br)c1F. The first-order valence-corrected chi connectivity index (χ1v) is 7.34. The Morgan fingerprint density at radius 3 is 2.71 bits per heavy atom. The molecule has 0 bridgehead atoms. The van der Waals surface area contributed by atoms with E-state index in [4.69, 9.17) is 5.73 Å². The molecule has 1 rings (SSSR count). The molecular weight excluding hydrogens is 312 g/mol. The van der Waals surface area contributed by atoms with Crippen molar-refractivity contribution >= 4 is 26.7 Å². The molecule has 0 aromatic heterocycles. The molecule has 0 amide bonds. The highest BCUT2D eigenvalue weighted by Crippen LogP contribution is 2.23. The van der Waals surface area contributed by atoms with Gasteiger partial charge in [0.1, 0.15) is 11.6 Å². The second-order valence-corrected chi connectivity index (χ2v) is 6.44. The van der Waals surface area contributed by atoms with E-state index in [9.17, 15) is 13.0 Å². The van der Waals surface area contributed by atoms with Gasteiger partial charge in [-0.05, 0) is 41.0 Å². The lowest BCUT2D eigenvalue weighted by Gasteiger charge is -2.11. The zero-order valence-corrected chi connectivity index (χ0v) is 11.8. The van der Waals surface area contributed by atoms with E-state index < -0.39 is 22.4 Å². The van der Waals surface area contributed by atoms with Crippen LogP contribution in [0.25, 0.3) is 0 Å². The molecule has 0 aliphatic heterocycles. The van der Waals surface area contributed by atoms with Gasteiger partial charge in [0.25, 0.3) is 0 Å². The van der Waals surface area contributed by atoms with E-state index in [0.717, 1.165) is 6.07 Å². The Balaban J connectivity index is 2.88. The Bertz CT molecular complexity index is 428. The van der Waals surface area contributed by atoms with Gasteiger partial charge in [0.05, 0.1) is 10.2 Å². The van der Waals surface area contributed by atoms with E-state index >= 15 is 0 Å². The van der Waals surface area contributed by atoms with Crippen molar-refractivity contribution < 1.29 is 13.0 Å². The second-order valence-electron chi connectivity index (χ2n) is 3.73. The predicted molar refractivity (Wildman–Crippen MR) is 69.0 cm³/mol. The molecule has 0 saturated heterocycles. The number of benzene rings is 1. The highest BCUT2D eigenvalue weighted by atomic mass is 79.9. The second kappa shape index (κ2) is 6.56. The predicted octanol–water partition coefficient (Wildman–Crippen LogP) is 2.71. The standard InChI is InChI=1S/C11H14BrF2NOS/c1-7(4-5-15)17(16)6-8-10(13)3-2-9(12)11(8)14/h2-3,7H,4-6,15H2,1H3. The first-order chi connectivity index (χ1) is 7.97. The average Bonchev–Trinajstić information content (AvgIpc) is 2.29. The van der Waals surface area contributed by atoms with Gasteiger partial charge in [-0.25, -0.2) is 8.78 Å². The molecule has 0 spiro atoms. The summed E-state index contributed by atoms with van der Waals surface area (Å²) in [6, 6.07) is 2.45. The third-order valence-electron chi connectivity index (χ3n) is 2.45. The minimum atomic E-state index is -1.33. The van der Waals surface area contributed by atoms with Crippen LogP contribution in [0.2, 0.25) is 0 Å². The van der Waals surface area contributed by atoms with Crippen molar-refractivity contribution in [1.29, 1.82) is 0 Å². The molecule has 2 atom stereocenters. The van der Waals surface area contributed by atoms with Crippen molar-refractivity contribution in [2.45, 2.75) is 24.3 Å². The molecule has 1 aromatic rings. The third kappa shape index (κ3) is 3.82. The van der Waals surface area contributed by atoms with E-state index in [1.165, 1.54) is 6.07 Å². The molecule has 2 N–H and O–H groups in total. The maximum absolute atomic E-state index is 13.6. The molecule has 0 fully saturated rings. The Kier molecular flexibility index (Phi) is 5.69. The lowest BCUT2D eigenvalue weighted by Crippen LogP contribution is -2.18. The summed E-state index contributed by atoms with van der Waals surface area (Å²) < 4.78 is 39.0. The molecule has 0 aliphatic carbocycles. The fraction of sp³-hybridized carbons (Fsp3) is 0.455. The van der Waals surface area contributed by atoms with Crippen molar-refractivity contribution in [1.82, 2.24) is 0 Å². The molecule has 2 unspecified atom stereocenters. The monoisotopic (exact) mass is 325 g/mol. The van der Waals surface area contributed by atoms with E-state index in [1.807, 2.05) is 0 Å². The molecular formula is C11H14BrF2NOS. The van der Waals surface area contributed by atoms with Gasteiger partial charge in [0, 0.05) is 21.6 Å². The molecule has 0 heterocycles. The van der Waals surface area contributed by atoms with Gasteiger partial charge >= 0.3 is 0 Å². The van der Waals surface area contributed by atoms with E-state index in [1.54, 1.807) is 6.92 Å². The molecule has 96 valence electrons. The molecule has 1 aromatic carbocycles. The van der Waals surface area contributed by atoms with Crippen LogP contribution in [0, 0.1) is 11.6 Å². The van der Waals surface area contributed by atoms with Gasteiger partial charge in [-0.1, -0.05) is 6.92 Å². The average molecular weight is 326 g/mol. The number of nitrogens with two attached hydrogens (primary N) is 1. The van der Waals surface area contributed by atoms with Crippen molar-refractivity contribution in [3.8, 4) is 0 Å². The van der Waals surface area contributed by atoms with Crippen molar-refractivity contribution in [3.05, 3.63) is 33.8 Å². The molecule has 0 aliphatic rings. The summed E-state index contributed by atoms with van der Waals surface area (Å²) in [6.45, 7) is 2.17. The summed E-state index contributed by atoms with van der Waals surface area (Å²) in [7, 11) is -1.33. The summed E-state index contributed by atoms with van der Waals surface area (Å²) in [5.41, 5.74) is 5.22. The molecule has 6 heteroatoms. The Morgan fingerprint density at radius 2 is 2.12 bits per heavy atom. The Hall–Kier alpha value is -0.330. The Labute approximate surface area is 110 Å².